The van der Waals surface area contributed by atoms with Crippen LogP contribution in [0, 0.1) is 37.1 Å². The van der Waals surface area contributed by atoms with Gasteiger partial charge in [-0.15, -0.1) is 0 Å². The number of sulfone groups is 1. The van der Waals surface area contributed by atoms with Gasteiger partial charge in [-0.05, 0) is 94.8 Å². The minimum atomic E-state index is -4.00. The first-order chi connectivity index (χ1) is 22.5. The minimum absolute atomic E-state index is 0.0667. The number of pyridine rings is 2. The van der Waals surface area contributed by atoms with Crippen LogP contribution >= 0.6 is 0 Å². The van der Waals surface area contributed by atoms with E-state index in [4.69, 9.17) is 0 Å². The first kappa shape index (κ1) is 31.8. The zero-order valence-electron chi connectivity index (χ0n) is 25.4. The van der Waals surface area contributed by atoms with Crippen molar-refractivity contribution in [3.63, 3.8) is 0 Å². The Labute approximate surface area is 270 Å². The molecule has 0 amide bonds. The lowest BCUT2D eigenvalue weighted by Gasteiger charge is -2.13. The summed E-state index contributed by atoms with van der Waals surface area (Å²) in [5, 5.41) is 0. The highest BCUT2D eigenvalue weighted by molar-refractivity contribution is 7.89. The van der Waals surface area contributed by atoms with E-state index in [1.54, 1.807) is 74.8 Å². The van der Waals surface area contributed by atoms with Gasteiger partial charge in [0.15, 0.2) is 9.84 Å². The molecule has 4 aromatic carbocycles. The second-order valence-corrected chi connectivity index (χ2v) is 13.5. The van der Waals surface area contributed by atoms with E-state index < -0.39 is 33.0 Å². The molecular weight excluding hydrogens is 624 g/mol. The number of hydrogen-bond donors (Lipinski definition) is 0. The SMILES string of the molecule is Cc1ccc(-c2ccncc2-c2ccc(CS(=O)(=O)Cc3ccc(-c4cnccc4-c4ccc(C)c(F)c4)cc3F)c(F)c2)cc1F. The molecule has 4 nitrogen and oxygen atoms in total. The molecule has 0 saturated carbocycles. The zero-order chi connectivity index (χ0) is 33.3. The van der Waals surface area contributed by atoms with Crippen LogP contribution in [0.4, 0.5) is 17.6 Å². The molecule has 47 heavy (non-hydrogen) atoms. The second-order valence-electron chi connectivity index (χ2n) is 11.4. The Bertz CT molecular complexity index is 2100. The lowest BCUT2D eigenvalue weighted by Crippen LogP contribution is -2.10. The average Bonchev–Trinajstić information content (AvgIpc) is 3.05. The van der Waals surface area contributed by atoms with Crippen molar-refractivity contribution in [3.8, 4) is 44.5 Å². The molecule has 2 heterocycles. The Kier molecular flexibility index (Phi) is 8.75. The fraction of sp³-hybridized carbons (Fsp3) is 0.105. The van der Waals surface area contributed by atoms with Crippen molar-refractivity contribution in [1.29, 1.82) is 0 Å². The van der Waals surface area contributed by atoms with E-state index in [-0.39, 0.29) is 22.8 Å². The van der Waals surface area contributed by atoms with Crippen LogP contribution in [0.1, 0.15) is 22.3 Å². The number of rotatable bonds is 8. The van der Waals surface area contributed by atoms with Gasteiger partial charge in [0.2, 0.25) is 0 Å². The van der Waals surface area contributed by atoms with Gasteiger partial charge < -0.3 is 0 Å². The third-order valence-corrected chi connectivity index (χ3v) is 9.59. The van der Waals surface area contributed by atoms with Crippen molar-refractivity contribution in [3.05, 3.63) is 155 Å². The molecule has 0 radical (unpaired) electrons. The maximum Gasteiger partial charge on any atom is 0.158 e. The third kappa shape index (κ3) is 6.85. The van der Waals surface area contributed by atoms with Crippen molar-refractivity contribution < 1.29 is 26.0 Å². The van der Waals surface area contributed by atoms with Gasteiger partial charge in [0.05, 0.1) is 11.5 Å². The van der Waals surface area contributed by atoms with Gasteiger partial charge in [0.1, 0.15) is 23.3 Å². The molecule has 0 aliphatic carbocycles. The summed E-state index contributed by atoms with van der Waals surface area (Å²) >= 11 is 0. The number of halogens is 4. The van der Waals surface area contributed by atoms with Crippen LogP contribution in [0.15, 0.2) is 110 Å². The largest absolute Gasteiger partial charge is 0.264 e. The van der Waals surface area contributed by atoms with Gasteiger partial charge >= 0.3 is 0 Å². The third-order valence-electron chi connectivity index (χ3n) is 8.09. The van der Waals surface area contributed by atoms with Crippen molar-refractivity contribution in [2.24, 2.45) is 0 Å². The number of nitrogens with zero attached hydrogens (tertiary/aromatic N) is 2. The van der Waals surface area contributed by atoms with Crippen molar-refractivity contribution in [2.75, 3.05) is 0 Å². The summed E-state index contributed by atoms with van der Waals surface area (Å²) in [6.07, 6.45) is 6.19. The molecule has 2 aromatic heterocycles. The van der Waals surface area contributed by atoms with E-state index in [1.807, 2.05) is 0 Å². The molecule has 0 aliphatic heterocycles. The summed E-state index contributed by atoms with van der Waals surface area (Å²) < 4.78 is 85.6. The second kappa shape index (κ2) is 12.9. The van der Waals surface area contributed by atoms with E-state index in [1.165, 1.54) is 48.8 Å². The molecule has 0 unspecified atom stereocenters. The van der Waals surface area contributed by atoms with Crippen LogP contribution in [-0.4, -0.2) is 18.4 Å². The summed E-state index contributed by atoms with van der Waals surface area (Å²) in [6.45, 7) is 3.32. The molecule has 6 rings (SSSR count). The van der Waals surface area contributed by atoms with Crippen molar-refractivity contribution >= 4 is 9.84 Å². The quantitative estimate of drug-likeness (QED) is 0.154. The van der Waals surface area contributed by atoms with Gasteiger partial charge in [0, 0.05) is 47.0 Å². The molecule has 236 valence electrons. The van der Waals surface area contributed by atoms with Crippen LogP contribution in [0.3, 0.4) is 0 Å². The van der Waals surface area contributed by atoms with Crippen LogP contribution in [0.5, 0.6) is 0 Å². The smallest absolute Gasteiger partial charge is 0.158 e. The van der Waals surface area contributed by atoms with Crippen LogP contribution < -0.4 is 0 Å². The monoisotopic (exact) mass is 652 g/mol. The zero-order valence-corrected chi connectivity index (χ0v) is 26.3. The highest BCUT2D eigenvalue weighted by Crippen LogP contribution is 2.35. The Morgan fingerprint density at radius 3 is 1.23 bits per heavy atom. The topological polar surface area (TPSA) is 59.9 Å². The van der Waals surface area contributed by atoms with Crippen molar-refractivity contribution in [2.45, 2.75) is 25.4 Å². The maximum absolute atomic E-state index is 15.4. The van der Waals surface area contributed by atoms with E-state index in [0.29, 0.717) is 55.6 Å². The highest BCUT2D eigenvalue weighted by atomic mass is 32.2. The van der Waals surface area contributed by atoms with Gasteiger partial charge in [-0.3, -0.25) is 9.97 Å². The predicted molar refractivity (Wildman–Crippen MR) is 176 cm³/mol. The molecule has 0 aliphatic rings. The lowest BCUT2D eigenvalue weighted by atomic mass is 9.95. The number of hydrogen-bond acceptors (Lipinski definition) is 4. The Morgan fingerprint density at radius 1 is 0.489 bits per heavy atom. The Balaban J connectivity index is 1.23. The number of aromatic nitrogens is 2. The average molecular weight is 653 g/mol. The summed E-state index contributed by atoms with van der Waals surface area (Å²) in [7, 11) is -4.00. The van der Waals surface area contributed by atoms with E-state index in [0.717, 1.165) is 0 Å². The van der Waals surface area contributed by atoms with E-state index in [2.05, 4.69) is 9.97 Å². The van der Waals surface area contributed by atoms with Gasteiger partial charge in [-0.2, -0.15) is 0 Å². The Hall–Kier alpha value is -5.15. The lowest BCUT2D eigenvalue weighted by molar-refractivity contribution is 0.581. The first-order valence-electron chi connectivity index (χ1n) is 14.7. The summed E-state index contributed by atoms with van der Waals surface area (Å²) in [5.41, 5.74) is 5.31. The Morgan fingerprint density at radius 2 is 0.851 bits per heavy atom. The number of aryl methyl sites for hydroxylation is 2. The minimum Gasteiger partial charge on any atom is -0.264 e. The summed E-state index contributed by atoms with van der Waals surface area (Å²) in [5.74, 6) is -3.52. The van der Waals surface area contributed by atoms with Crippen LogP contribution in [-0.2, 0) is 21.3 Å². The fourth-order valence-corrected chi connectivity index (χ4v) is 6.98. The molecule has 0 spiro atoms. The van der Waals surface area contributed by atoms with E-state index in [9.17, 15) is 17.2 Å². The summed E-state index contributed by atoms with van der Waals surface area (Å²) in [4.78, 5) is 8.28. The molecule has 0 saturated heterocycles. The van der Waals surface area contributed by atoms with Gasteiger partial charge in [0.25, 0.3) is 0 Å². The molecule has 0 fully saturated rings. The summed E-state index contributed by atoms with van der Waals surface area (Å²) in [6, 6.07) is 21.4. The molecular formula is C38H28F4N2O2S. The fourth-order valence-electron chi connectivity index (χ4n) is 5.46. The van der Waals surface area contributed by atoms with E-state index >= 15 is 8.78 Å². The van der Waals surface area contributed by atoms with Gasteiger partial charge in [-0.25, -0.2) is 26.0 Å². The molecule has 0 N–H and O–H groups in total. The molecule has 9 heteroatoms. The van der Waals surface area contributed by atoms with Crippen molar-refractivity contribution in [1.82, 2.24) is 9.97 Å². The normalized spacial score (nSPS) is 11.5. The maximum atomic E-state index is 15.4. The van der Waals surface area contributed by atoms with Crippen LogP contribution in [0.25, 0.3) is 44.5 Å². The molecule has 6 aromatic rings. The standard InChI is InChI=1S/C38H28F4N2O2S/c1-23-3-5-25(15-35(23)39)31-11-13-43-19-33(31)27-7-9-29(37(41)17-27)21-47(45,46)22-30-10-8-28(18-38(30)42)34-20-44-14-12-32(34)26-6-4-24(2)36(40)16-26/h3-20H,21-22H2,1-2H3. The molecule has 0 bridgehead atoms. The van der Waals surface area contributed by atoms with Crippen LogP contribution in [0.2, 0.25) is 0 Å². The first-order valence-corrected chi connectivity index (χ1v) is 16.5. The number of benzene rings is 4. The molecule has 0 atom stereocenters. The van der Waals surface area contributed by atoms with Gasteiger partial charge in [-0.1, -0.05) is 48.5 Å². The highest BCUT2D eigenvalue weighted by Gasteiger charge is 2.20. The predicted octanol–water partition coefficient (Wildman–Crippen LogP) is 9.43.